The predicted octanol–water partition coefficient (Wildman–Crippen LogP) is 4.72. The van der Waals surface area contributed by atoms with Crippen molar-refractivity contribution in [1.82, 2.24) is 4.98 Å². The first-order valence-corrected chi connectivity index (χ1v) is 7.69. The molecule has 3 rings (SSSR count). The summed E-state index contributed by atoms with van der Waals surface area (Å²) in [4.78, 5) is 4.92. The van der Waals surface area contributed by atoms with Gasteiger partial charge in [-0.3, -0.25) is 0 Å². The Hall–Kier alpha value is -2.05. The Bertz CT molecular complexity index is 746. The van der Waals surface area contributed by atoms with E-state index in [0.29, 0.717) is 28.2 Å². The molecular weight excluding hydrogens is 327 g/mol. The lowest BCUT2D eigenvalue weighted by Gasteiger charge is -2.12. The molecule has 2 aromatic heterocycles. The predicted molar refractivity (Wildman–Crippen MR) is 83.9 cm³/mol. The molecule has 0 aliphatic heterocycles. The lowest BCUT2D eigenvalue weighted by atomic mass is 10.2. The Morgan fingerprint density at radius 1 is 1.36 bits per heavy atom. The van der Waals surface area contributed by atoms with Crippen molar-refractivity contribution >= 4 is 28.6 Å². The molecule has 0 atom stereocenters. The van der Waals surface area contributed by atoms with Crippen LogP contribution in [0.3, 0.4) is 0 Å². The third kappa shape index (κ3) is 3.78. The minimum atomic E-state index is -0.338. The monoisotopic (exact) mass is 338 g/mol. The van der Waals surface area contributed by atoms with E-state index in [2.05, 4.69) is 10.3 Å². The van der Waals surface area contributed by atoms with E-state index in [4.69, 9.17) is 20.8 Å². The van der Waals surface area contributed by atoms with Gasteiger partial charge >= 0.3 is 0 Å². The fraction of sp³-hybridized carbons (Fsp3) is 0.133. The molecule has 0 bridgehead atoms. The van der Waals surface area contributed by atoms with Crippen LogP contribution in [0.15, 0.2) is 47.2 Å². The number of hydrogen-bond donors (Lipinski definition) is 1. The molecule has 0 saturated carbocycles. The number of anilines is 1. The average molecular weight is 339 g/mol. The summed E-state index contributed by atoms with van der Waals surface area (Å²) in [5, 5.41) is 3.13. The first-order chi connectivity index (χ1) is 10.7. The van der Waals surface area contributed by atoms with Crippen LogP contribution in [0, 0.1) is 5.82 Å². The molecule has 22 heavy (non-hydrogen) atoms. The summed E-state index contributed by atoms with van der Waals surface area (Å²) in [6.07, 6.45) is 3.26. The normalized spacial score (nSPS) is 10.6. The smallest absolute Gasteiger partial charge is 0.183 e. The highest BCUT2D eigenvalue weighted by Gasteiger charge is 2.08. The van der Waals surface area contributed by atoms with Crippen LogP contribution >= 0.6 is 22.9 Å². The summed E-state index contributed by atoms with van der Waals surface area (Å²) in [5.74, 6) is 0.910. The second kappa shape index (κ2) is 6.81. The Morgan fingerprint density at radius 3 is 3.00 bits per heavy atom. The van der Waals surface area contributed by atoms with Crippen LogP contribution in [-0.2, 0) is 13.2 Å². The van der Waals surface area contributed by atoms with Crippen LogP contribution in [0.1, 0.15) is 10.6 Å². The van der Waals surface area contributed by atoms with Crippen LogP contribution in [0.2, 0.25) is 4.47 Å². The Kier molecular flexibility index (Phi) is 4.60. The summed E-state index contributed by atoms with van der Waals surface area (Å²) in [7, 11) is 0. The molecule has 1 aromatic carbocycles. The van der Waals surface area contributed by atoms with Gasteiger partial charge in [-0.15, -0.1) is 11.3 Å². The van der Waals surface area contributed by atoms with Gasteiger partial charge in [-0.05, 0) is 24.3 Å². The fourth-order valence-corrected chi connectivity index (χ4v) is 2.78. The minimum Gasteiger partial charge on any atom is -0.483 e. The molecule has 1 N–H and O–H groups in total. The van der Waals surface area contributed by atoms with E-state index < -0.39 is 0 Å². The van der Waals surface area contributed by atoms with Crippen molar-refractivity contribution in [3.05, 3.63) is 63.7 Å². The fourth-order valence-electron chi connectivity index (χ4n) is 1.86. The summed E-state index contributed by atoms with van der Waals surface area (Å²) in [6.45, 7) is 0.769. The minimum absolute atomic E-state index is 0.277. The van der Waals surface area contributed by atoms with Crippen LogP contribution in [0.4, 0.5) is 10.1 Å². The lowest BCUT2D eigenvalue weighted by Crippen LogP contribution is -2.02. The number of ether oxygens (including phenoxy) is 1. The lowest BCUT2D eigenvalue weighted by molar-refractivity contribution is 0.271. The zero-order valence-electron chi connectivity index (χ0n) is 11.4. The molecule has 7 heteroatoms. The van der Waals surface area contributed by atoms with Crippen LogP contribution in [0.25, 0.3) is 0 Å². The van der Waals surface area contributed by atoms with Crippen molar-refractivity contribution in [2.45, 2.75) is 13.2 Å². The molecule has 2 heterocycles. The molecule has 4 nitrogen and oxygen atoms in total. The highest BCUT2D eigenvalue weighted by atomic mass is 35.5. The second-order valence-corrected chi connectivity index (χ2v) is 6.14. The van der Waals surface area contributed by atoms with Crippen molar-refractivity contribution in [3.8, 4) is 5.75 Å². The van der Waals surface area contributed by atoms with Gasteiger partial charge in [-0.1, -0.05) is 11.6 Å². The number of benzene rings is 1. The van der Waals surface area contributed by atoms with Crippen LogP contribution in [0.5, 0.6) is 5.75 Å². The van der Waals surface area contributed by atoms with E-state index in [1.54, 1.807) is 24.6 Å². The molecule has 0 saturated heterocycles. The van der Waals surface area contributed by atoms with Crippen LogP contribution < -0.4 is 10.1 Å². The van der Waals surface area contributed by atoms with Crippen molar-refractivity contribution < 1.29 is 13.5 Å². The molecule has 0 radical (unpaired) electrons. The van der Waals surface area contributed by atoms with Crippen molar-refractivity contribution in [2.24, 2.45) is 0 Å². The van der Waals surface area contributed by atoms with Gasteiger partial charge in [0, 0.05) is 17.1 Å². The van der Waals surface area contributed by atoms with Gasteiger partial charge in [0.1, 0.15) is 23.9 Å². The highest BCUT2D eigenvalue weighted by molar-refractivity contribution is 7.15. The molecule has 0 spiro atoms. The third-order valence-corrected chi connectivity index (χ3v) is 3.98. The molecule has 0 aliphatic carbocycles. The van der Waals surface area contributed by atoms with Gasteiger partial charge in [-0.2, -0.15) is 0 Å². The molecule has 0 fully saturated rings. The van der Waals surface area contributed by atoms with E-state index in [0.717, 1.165) is 4.88 Å². The average Bonchev–Trinajstić information content (AvgIpc) is 3.15. The zero-order valence-corrected chi connectivity index (χ0v) is 13.0. The molecule has 0 aliphatic rings. The second-order valence-electron chi connectivity index (χ2n) is 4.44. The number of furan rings is 1. The third-order valence-electron chi connectivity index (χ3n) is 2.87. The number of nitrogens with zero attached hydrogens (tertiary/aromatic N) is 1. The van der Waals surface area contributed by atoms with Crippen molar-refractivity contribution in [1.29, 1.82) is 0 Å². The Labute approximate surface area is 135 Å². The maximum atomic E-state index is 13.4. The first kappa shape index (κ1) is 14.9. The molecule has 0 amide bonds. The number of halogens is 2. The SMILES string of the molecule is Fc1ccc(OCc2ccco2)c(NCc2cnc(Cl)s2)c1. The Balaban J connectivity index is 1.69. The summed E-state index contributed by atoms with van der Waals surface area (Å²) < 4.78 is 24.8. The van der Waals surface area contributed by atoms with E-state index in [1.165, 1.54) is 23.5 Å². The van der Waals surface area contributed by atoms with Crippen molar-refractivity contribution in [3.63, 3.8) is 0 Å². The summed E-state index contributed by atoms with van der Waals surface area (Å²) in [6, 6.07) is 7.93. The number of hydrogen-bond acceptors (Lipinski definition) is 5. The quantitative estimate of drug-likeness (QED) is 0.706. The van der Waals surface area contributed by atoms with Gasteiger partial charge in [-0.25, -0.2) is 9.37 Å². The van der Waals surface area contributed by atoms with E-state index in [9.17, 15) is 4.39 Å². The molecule has 114 valence electrons. The van der Waals surface area contributed by atoms with Gasteiger partial charge in [0.15, 0.2) is 4.47 Å². The molecule has 3 aromatic rings. The zero-order chi connectivity index (χ0) is 15.4. The van der Waals surface area contributed by atoms with Gasteiger partial charge in [0.2, 0.25) is 0 Å². The van der Waals surface area contributed by atoms with Crippen LogP contribution in [-0.4, -0.2) is 4.98 Å². The Morgan fingerprint density at radius 2 is 2.27 bits per heavy atom. The number of aromatic nitrogens is 1. The van der Waals surface area contributed by atoms with E-state index in [-0.39, 0.29) is 12.4 Å². The number of thiazole rings is 1. The van der Waals surface area contributed by atoms with E-state index >= 15 is 0 Å². The largest absolute Gasteiger partial charge is 0.483 e. The maximum absolute atomic E-state index is 13.4. The van der Waals surface area contributed by atoms with E-state index in [1.807, 2.05) is 6.07 Å². The first-order valence-electron chi connectivity index (χ1n) is 6.49. The summed E-state index contributed by atoms with van der Waals surface area (Å²) >= 11 is 7.16. The molecular formula is C15H12ClFN2O2S. The number of nitrogens with one attached hydrogen (secondary N) is 1. The number of rotatable bonds is 6. The highest BCUT2D eigenvalue weighted by Crippen LogP contribution is 2.28. The maximum Gasteiger partial charge on any atom is 0.183 e. The van der Waals surface area contributed by atoms with Gasteiger partial charge in [0.05, 0.1) is 18.5 Å². The van der Waals surface area contributed by atoms with Gasteiger partial charge in [0.25, 0.3) is 0 Å². The van der Waals surface area contributed by atoms with Crippen molar-refractivity contribution in [2.75, 3.05) is 5.32 Å². The standard InChI is InChI=1S/C15H12ClFN2O2S/c16-15-19-8-12(22-15)7-18-13-6-10(17)3-4-14(13)21-9-11-2-1-5-20-11/h1-6,8,18H,7,9H2. The topological polar surface area (TPSA) is 47.3 Å². The van der Waals surface area contributed by atoms with Gasteiger partial charge < -0.3 is 14.5 Å². The summed E-state index contributed by atoms with van der Waals surface area (Å²) in [5.41, 5.74) is 0.566. The molecule has 0 unspecified atom stereocenters.